The Morgan fingerprint density at radius 1 is 1.06 bits per heavy atom. The van der Waals surface area contributed by atoms with Crippen molar-refractivity contribution in [2.24, 2.45) is 46.3 Å². The SMILES string of the molecule is CC(=O)O[C@H]1CC[C@@]2(C)[C@@H](CC[C@H]3C4=C[C@@H]5O[C@]6(CC[C@@H](C)CO6)[C@@H](C)[C@@H]5[C@@]4(C)CC[C@@H]32)C1. The van der Waals surface area contributed by atoms with Crippen LogP contribution in [-0.2, 0) is 19.0 Å². The second kappa shape index (κ2) is 7.56. The lowest BCUT2D eigenvalue weighted by Gasteiger charge is -2.60. The van der Waals surface area contributed by atoms with Gasteiger partial charge in [0.05, 0.1) is 12.7 Å². The molecule has 6 rings (SSSR count). The molecule has 6 aliphatic rings. The quantitative estimate of drug-likeness (QED) is 0.344. The Morgan fingerprint density at radius 2 is 1.88 bits per heavy atom. The average molecular weight is 457 g/mol. The van der Waals surface area contributed by atoms with Gasteiger partial charge in [-0.15, -0.1) is 0 Å². The van der Waals surface area contributed by atoms with Gasteiger partial charge in [0.1, 0.15) is 6.10 Å². The first-order valence-electron chi connectivity index (χ1n) is 13.9. The van der Waals surface area contributed by atoms with Crippen LogP contribution in [0, 0.1) is 46.3 Å². The summed E-state index contributed by atoms with van der Waals surface area (Å²) < 4.78 is 19.0. The summed E-state index contributed by atoms with van der Waals surface area (Å²) in [5.41, 5.74) is 2.39. The highest BCUT2D eigenvalue weighted by Crippen LogP contribution is 2.69. The van der Waals surface area contributed by atoms with E-state index in [4.69, 9.17) is 14.2 Å². The molecule has 0 aromatic rings. The lowest BCUT2D eigenvalue weighted by atomic mass is 9.45. The molecular weight excluding hydrogens is 412 g/mol. The highest BCUT2D eigenvalue weighted by molar-refractivity contribution is 5.66. The largest absolute Gasteiger partial charge is 0.463 e. The number of esters is 1. The maximum Gasteiger partial charge on any atom is 0.302 e. The van der Waals surface area contributed by atoms with Crippen LogP contribution in [0.2, 0.25) is 0 Å². The van der Waals surface area contributed by atoms with Crippen molar-refractivity contribution >= 4 is 5.97 Å². The highest BCUT2D eigenvalue weighted by atomic mass is 16.7. The van der Waals surface area contributed by atoms with E-state index in [1.54, 1.807) is 12.5 Å². The summed E-state index contributed by atoms with van der Waals surface area (Å²) in [6, 6.07) is 0. The molecule has 33 heavy (non-hydrogen) atoms. The second-order valence-corrected chi connectivity index (χ2v) is 13.2. The number of rotatable bonds is 1. The standard InChI is InChI=1S/C29H44O4/c1-17-8-13-29(31-16-17)18(2)26-25(33-29)15-24-22-7-6-20-14-21(32-19(3)30)9-11-27(20,4)23(22)10-12-28(24,26)5/h15,17-18,20-23,25-26H,6-14,16H2,1-5H3/t17-,18+,20+,21+,22-,23+,25+,26+,27+,28+,29-/m1/s1. The van der Waals surface area contributed by atoms with Gasteiger partial charge in [-0.2, -0.15) is 0 Å². The van der Waals surface area contributed by atoms with Gasteiger partial charge in [-0.3, -0.25) is 4.79 Å². The molecule has 4 nitrogen and oxygen atoms in total. The third-order valence-electron chi connectivity index (χ3n) is 11.6. The molecular formula is C29H44O4. The van der Waals surface area contributed by atoms with Gasteiger partial charge >= 0.3 is 5.97 Å². The van der Waals surface area contributed by atoms with Crippen LogP contribution in [-0.4, -0.2) is 30.6 Å². The summed E-state index contributed by atoms with van der Waals surface area (Å²) in [5.74, 6) is 3.38. The van der Waals surface area contributed by atoms with E-state index in [1.807, 2.05) is 0 Å². The summed E-state index contributed by atoms with van der Waals surface area (Å²) in [6.45, 7) is 12.3. The number of allylic oxidation sites excluding steroid dienone is 1. The van der Waals surface area contributed by atoms with E-state index in [1.165, 1.54) is 38.5 Å². The number of hydrogen-bond acceptors (Lipinski definition) is 4. The van der Waals surface area contributed by atoms with Crippen molar-refractivity contribution in [3.8, 4) is 0 Å². The molecule has 11 atom stereocenters. The highest BCUT2D eigenvalue weighted by Gasteiger charge is 2.66. The molecule has 0 N–H and O–H groups in total. The third-order valence-corrected chi connectivity index (χ3v) is 11.6. The fourth-order valence-electron chi connectivity index (χ4n) is 9.84. The zero-order chi connectivity index (χ0) is 23.2. The van der Waals surface area contributed by atoms with Crippen molar-refractivity contribution in [2.75, 3.05) is 6.61 Å². The fraction of sp³-hybridized carbons (Fsp3) is 0.897. The molecule has 1 spiro atoms. The minimum atomic E-state index is -0.345. The Hall–Kier alpha value is -0.870. The molecule has 0 bridgehead atoms. The first-order chi connectivity index (χ1) is 15.7. The summed E-state index contributed by atoms with van der Waals surface area (Å²) in [5, 5.41) is 0. The van der Waals surface area contributed by atoms with Crippen molar-refractivity contribution in [3.63, 3.8) is 0 Å². The van der Waals surface area contributed by atoms with Gasteiger partial charge in [0.15, 0.2) is 5.79 Å². The Morgan fingerprint density at radius 3 is 2.61 bits per heavy atom. The van der Waals surface area contributed by atoms with E-state index in [9.17, 15) is 4.79 Å². The molecule has 3 saturated carbocycles. The first-order valence-corrected chi connectivity index (χ1v) is 13.9. The minimum Gasteiger partial charge on any atom is -0.463 e. The average Bonchev–Trinajstić information content (AvgIpc) is 3.21. The van der Waals surface area contributed by atoms with Gasteiger partial charge in [0, 0.05) is 25.2 Å². The first kappa shape index (κ1) is 22.6. The normalized spacial score (nSPS) is 55.2. The molecule has 2 aliphatic heterocycles. The van der Waals surface area contributed by atoms with Crippen LogP contribution < -0.4 is 0 Å². The van der Waals surface area contributed by atoms with E-state index >= 15 is 0 Å². The zero-order valence-corrected chi connectivity index (χ0v) is 21.4. The van der Waals surface area contributed by atoms with Crippen LogP contribution >= 0.6 is 0 Å². The van der Waals surface area contributed by atoms with Crippen molar-refractivity contribution in [2.45, 2.75) is 110 Å². The Balaban J connectivity index is 1.24. The number of fused-ring (bicyclic) bond motifs is 7. The van der Waals surface area contributed by atoms with Gasteiger partial charge in [0.2, 0.25) is 0 Å². The van der Waals surface area contributed by atoms with Crippen LogP contribution in [0.15, 0.2) is 11.6 Å². The van der Waals surface area contributed by atoms with Gasteiger partial charge in [-0.25, -0.2) is 0 Å². The van der Waals surface area contributed by atoms with Crippen molar-refractivity contribution < 1.29 is 19.0 Å². The molecule has 0 aromatic heterocycles. The summed E-state index contributed by atoms with van der Waals surface area (Å²) in [6.07, 6.45) is 13.7. The van der Waals surface area contributed by atoms with E-state index in [0.717, 1.165) is 31.8 Å². The molecule has 0 radical (unpaired) electrons. The lowest BCUT2D eigenvalue weighted by molar-refractivity contribution is -0.265. The molecule has 5 fully saturated rings. The molecule has 0 unspecified atom stereocenters. The number of ether oxygens (including phenoxy) is 3. The van der Waals surface area contributed by atoms with Crippen LogP contribution in [0.3, 0.4) is 0 Å². The van der Waals surface area contributed by atoms with Crippen LogP contribution in [0.25, 0.3) is 0 Å². The van der Waals surface area contributed by atoms with Gasteiger partial charge in [-0.05, 0) is 85.9 Å². The maximum atomic E-state index is 11.5. The predicted octanol–water partition coefficient (Wildman–Crippen LogP) is 6.28. The van der Waals surface area contributed by atoms with Crippen LogP contribution in [0.4, 0.5) is 0 Å². The monoisotopic (exact) mass is 456 g/mol. The number of carbonyl (C=O) groups excluding carboxylic acids is 1. The van der Waals surface area contributed by atoms with Crippen molar-refractivity contribution in [1.82, 2.24) is 0 Å². The lowest BCUT2D eigenvalue weighted by Crippen LogP contribution is -2.53. The Kier molecular flexibility index (Phi) is 5.18. The predicted molar refractivity (Wildman–Crippen MR) is 127 cm³/mol. The van der Waals surface area contributed by atoms with E-state index in [2.05, 4.69) is 33.8 Å². The Labute approximate surface area is 200 Å². The van der Waals surface area contributed by atoms with Crippen molar-refractivity contribution in [3.05, 3.63) is 11.6 Å². The summed E-state index contributed by atoms with van der Waals surface area (Å²) >= 11 is 0. The second-order valence-electron chi connectivity index (χ2n) is 13.2. The van der Waals surface area contributed by atoms with E-state index < -0.39 is 0 Å². The number of hydrogen-bond donors (Lipinski definition) is 0. The van der Waals surface area contributed by atoms with Crippen LogP contribution in [0.1, 0.15) is 92.4 Å². The smallest absolute Gasteiger partial charge is 0.302 e. The molecule has 4 aliphatic carbocycles. The summed E-state index contributed by atoms with van der Waals surface area (Å²) in [4.78, 5) is 11.5. The molecule has 2 heterocycles. The van der Waals surface area contributed by atoms with Crippen molar-refractivity contribution in [1.29, 1.82) is 0 Å². The fourth-order valence-corrected chi connectivity index (χ4v) is 9.84. The minimum absolute atomic E-state index is 0.114. The molecule has 2 saturated heterocycles. The van der Waals surface area contributed by atoms with Gasteiger partial charge in [-0.1, -0.05) is 39.3 Å². The van der Waals surface area contributed by atoms with E-state index in [-0.39, 0.29) is 29.4 Å². The topological polar surface area (TPSA) is 44.8 Å². The molecule has 0 aromatic carbocycles. The zero-order valence-electron chi connectivity index (χ0n) is 21.4. The summed E-state index contributed by atoms with van der Waals surface area (Å²) in [7, 11) is 0. The molecule has 4 heteroatoms. The third kappa shape index (κ3) is 3.18. The van der Waals surface area contributed by atoms with Gasteiger partial charge in [0.25, 0.3) is 0 Å². The Bertz CT molecular complexity index is 841. The van der Waals surface area contributed by atoms with E-state index in [0.29, 0.717) is 35.0 Å². The molecule has 184 valence electrons. The molecule has 0 amide bonds. The van der Waals surface area contributed by atoms with Crippen LogP contribution in [0.5, 0.6) is 0 Å². The number of carbonyl (C=O) groups is 1. The maximum absolute atomic E-state index is 11.5. The van der Waals surface area contributed by atoms with Gasteiger partial charge < -0.3 is 14.2 Å².